The molecule has 7 heteroatoms. The number of carboxylic acid groups (broad SMARTS) is 1. The molecule has 1 atom stereocenters. The van der Waals surface area contributed by atoms with Gasteiger partial charge in [0.05, 0.1) is 0 Å². The van der Waals surface area contributed by atoms with E-state index in [4.69, 9.17) is 4.74 Å². The molecule has 0 fully saturated rings. The molecule has 0 aromatic heterocycles. The van der Waals surface area contributed by atoms with Gasteiger partial charge in [0.2, 0.25) is 0 Å². The molecule has 1 aliphatic carbocycles. The summed E-state index contributed by atoms with van der Waals surface area (Å²) in [5.41, 5.74) is 4.38. The number of anilines is 1. The summed E-state index contributed by atoms with van der Waals surface area (Å²) in [5, 5.41) is 12.4. The van der Waals surface area contributed by atoms with Gasteiger partial charge in [-0.3, -0.25) is 9.69 Å². The Balaban J connectivity index is 1.30. The maximum absolute atomic E-state index is 13.5. The molecule has 178 valence electrons. The molecule has 1 aliphatic heterocycles. The summed E-state index contributed by atoms with van der Waals surface area (Å²) in [6.45, 7) is 3.22. The first-order valence-corrected chi connectivity index (χ1v) is 11.6. The van der Waals surface area contributed by atoms with Gasteiger partial charge in [-0.1, -0.05) is 66.7 Å². The Morgan fingerprint density at radius 1 is 0.943 bits per heavy atom. The topological polar surface area (TPSA) is 95.9 Å². The third-order valence-corrected chi connectivity index (χ3v) is 6.77. The van der Waals surface area contributed by atoms with Crippen LogP contribution in [0.15, 0.2) is 72.8 Å². The average Bonchev–Trinajstić information content (AvgIpc) is 3.38. The number of alkyl carbamates (subject to hydrolysis) is 1. The Bertz CT molecular complexity index is 1290. The summed E-state index contributed by atoms with van der Waals surface area (Å²) < 4.78 is 5.59. The van der Waals surface area contributed by atoms with Crippen LogP contribution in [0.4, 0.5) is 10.5 Å². The lowest BCUT2D eigenvalue weighted by molar-refractivity contribution is -0.140. The van der Waals surface area contributed by atoms with Gasteiger partial charge in [-0.25, -0.2) is 9.59 Å². The molecule has 35 heavy (non-hydrogen) atoms. The zero-order valence-electron chi connectivity index (χ0n) is 19.5. The van der Waals surface area contributed by atoms with Crippen molar-refractivity contribution in [1.82, 2.24) is 5.32 Å². The van der Waals surface area contributed by atoms with Crippen molar-refractivity contribution in [3.63, 3.8) is 0 Å². The Morgan fingerprint density at radius 3 is 2.14 bits per heavy atom. The van der Waals surface area contributed by atoms with E-state index in [1.54, 1.807) is 26.0 Å². The molecule has 1 heterocycles. The van der Waals surface area contributed by atoms with Crippen LogP contribution in [-0.2, 0) is 20.7 Å². The number of nitrogens with zero attached hydrogens (tertiary/aromatic N) is 1. The van der Waals surface area contributed by atoms with E-state index in [9.17, 15) is 19.5 Å². The lowest BCUT2D eigenvalue weighted by atomic mass is 9.98. The molecule has 2 amide bonds. The summed E-state index contributed by atoms with van der Waals surface area (Å²) in [5.74, 6) is -1.70. The second kappa shape index (κ2) is 8.58. The van der Waals surface area contributed by atoms with Gasteiger partial charge in [0, 0.05) is 18.0 Å². The summed E-state index contributed by atoms with van der Waals surface area (Å²) in [6.07, 6.45) is -0.511. The van der Waals surface area contributed by atoms with Gasteiger partial charge in [-0.2, -0.15) is 0 Å². The molecule has 0 saturated carbocycles. The van der Waals surface area contributed by atoms with Gasteiger partial charge < -0.3 is 15.2 Å². The smallest absolute Gasteiger partial charge is 0.408 e. The van der Waals surface area contributed by atoms with E-state index in [-0.39, 0.29) is 18.9 Å². The highest BCUT2D eigenvalue weighted by Crippen LogP contribution is 2.44. The number of para-hydroxylation sites is 1. The highest BCUT2D eigenvalue weighted by atomic mass is 16.5. The normalized spacial score (nSPS) is 16.3. The third kappa shape index (κ3) is 3.93. The first-order chi connectivity index (χ1) is 16.8. The number of nitrogens with one attached hydrogen (secondary N) is 1. The van der Waals surface area contributed by atoms with Crippen LogP contribution in [0.1, 0.15) is 36.5 Å². The van der Waals surface area contributed by atoms with Crippen molar-refractivity contribution in [3.8, 4) is 11.1 Å². The molecule has 0 saturated heterocycles. The molecule has 2 N–H and O–H groups in total. The highest BCUT2D eigenvalue weighted by molar-refractivity contribution is 6.07. The van der Waals surface area contributed by atoms with E-state index in [1.807, 2.05) is 48.5 Å². The monoisotopic (exact) mass is 470 g/mol. The van der Waals surface area contributed by atoms with Crippen molar-refractivity contribution >= 4 is 23.7 Å². The zero-order valence-corrected chi connectivity index (χ0v) is 19.5. The fraction of sp³-hybridized carbons (Fsp3) is 0.250. The standard InChI is InChI=1S/C28H26N2O5/c1-28(2,26(33)30-23-14-8-3-9-17(23)15-24(30)25(31)32)29-27(34)35-16-22-20-12-6-4-10-18(20)19-11-5-7-13-21(19)22/h3-14,22,24H,15-16H2,1-2H3,(H,29,34)(H,31,32). The molecule has 2 aliphatic rings. The van der Waals surface area contributed by atoms with Crippen LogP contribution in [0.25, 0.3) is 11.1 Å². The van der Waals surface area contributed by atoms with E-state index in [0.717, 1.165) is 27.8 Å². The van der Waals surface area contributed by atoms with Gasteiger partial charge in [-0.05, 0) is 47.7 Å². The molecule has 0 radical (unpaired) electrons. The first kappa shape index (κ1) is 22.7. The number of aliphatic carboxylic acids is 1. The van der Waals surface area contributed by atoms with Crippen molar-refractivity contribution in [1.29, 1.82) is 0 Å². The molecule has 1 unspecified atom stereocenters. The molecule has 3 aromatic carbocycles. The molecule has 3 aromatic rings. The summed E-state index contributed by atoms with van der Waals surface area (Å²) in [6, 6.07) is 22.2. The number of rotatable bonds is 5. The van der Waals surface area contributed by atoms with Crippen molar-refractivity contribution < 1.29 is 24.2 Å². The minimum Gasteiger partial charge on any atom is -0.480 e. The Kier molecular flexibility index (Phi) is 5.55. The number of carbonyl (C=O) groups excluding carboxylic acids is 2. The second-order valence-corrected chi connectivity index (χ2v) is 9.44. The molecule has 5 rings (SSSR count). The van der Waals surface area contributed by atoms with Crippen LogP contribution in [0, 0.1) is 0 Å². The number of amides is 2. The van der Waals surface area contributed by atoms with Crippen LogP contribution < -0.4 is 10.2 Å². The minimum atomic E-state index is -1.38. The number of benzene rings is 3. The molecule has 7 nitrogen and oxygen atoms in total. The largest absolute Gasteiger partial charge is 0.480 e. The molecular formula is C28H26N2O5. The zero-order chi connectivity index (χ0) is 24.7. The van der Waals surface area contributed by atoms with Crippen molar-refractivity contribution in [3.05, 3.63) is 89.5 Å². The van der Waals surface area contributed by atoms with Crippen LogP contribution in [0.2, 0.25) is 0 Å². The SMILES string of the molecule is CC(C)(NC(=O)OCC1c2ccccc2-c2ccccc21)C(=O)N1c2ccccc2CC1C(=O)O. The number of fused-ring (bicyclic) bond motifs is 4. The van der Waals surface area contributed by atoms with Crippen LogP contribution in [0.3, 0.4) is 0 Å². The summed E-state index contributed by atoms with van der Waals surface area (Å²) in [4.78, 5) is 39.4. The number of ether oxygens (including phenoxy) is 1. The van der Waals surface area contributed by atoms with Crippen LogP contribution in [0.5, 0.6) is 0 Å². The Labute approximate surface area is 203 Å². The summed E-state index contributed by atoms with van der Waals surface area (Å²) in [7, 11) is 0. The van der Waals surface area contributed by atoms with Crippen LogP contribution in [-0.4, -0.2) is 41.3 Å². The van der Waals surface area contributed by atoms with Crippen LogP contribution >= 0.6 is 0 Å². The van der Waals surface area contributed by atoms with Gasteiger partial charge in [0.1, 0.15) is 18.2 Å². The Morgan fingerprint density at radius 2 is 1.51 bits per heavy atom. The fourth-order valence-corrected chi connectivity index (χ4v) is 5.08. The predicted molar refractivity (Wildman–Crippen MR) is 131 cm³/mol. The lowest BCUT2D eigenvalue weighted by Gasteiger charge is -2.32. The maximum atomic E-state index is 13.5. The second-order valence-electron chi connectivity index (χ2n) is 9.44. The number of carbonyl (C=O) groups is 3. The quantitative estimate of drug-likeness (QED) is 0.578. The number of carboxylic acids is 1. The molecular weight excluding hydrogens is 444 g/mol. The lowest BCUT2D eigenvalue weighted by Crippen LogP contribution is -2.59. The minimum absolute atomic E-state index is 0.103. The van der Waals surface area contributed by atoms with E-state index >= 15 is 0 Å². The van der Waals surface area contributed by atoms with E-state index in [2.05, 4.69) is 17.4 Å². The van der Waals surface area contributed by atoms with E-state index < -0.39 is 29.6 Å². The third-order valence-electron chi connectivity index (χ3n) is 6.77. The predicted octanol–water partition coefficient (Wildman–Crippen LogP) is 4.35. The molecule has 0 bridgehead atoms. The van der Waals surface area contributed by atoms with Gasteiger partial charge in [0.15, 0.2) is 0 Å². The van der Waals surface area contributed by atoms with Crippen molar-refractivity contribution in [2.75, 3.05) is 11.5 Å². The van der Waals surface area contributed by atoms with Gasteiger partial charge in [-0.15, -0.1) is 0 Å². The van der Waals surface area contributed by atoms with Crippen molar-refractivity contribution in [2.45, 2.75) is 37.8 Å². The van der Waals surface area contributed by atoms with Crippen molar-refractivity contribution in [2.24, 2.45) is 0 Å². The molecule has 0 spiro atoms. The van der Waals surface area contributed by atoms with E-state index in [0.29, 0.717) is 5.69 Å². The number of hydrogen-bond donors (Lipinski definition) is 2. The average molecular weight is 471 g/mol. The summed E-state index contributed by atoms with van der Waals surface area (Å²) >= 11 is 0. The maximum Gasteiger partial charge on any atom is 0.408 e. The first-order valence-electron chi connectivity index (χ1n) is 11.6. The van der Waals surface area contributed by atoms with Gasteiger partial charge >= 0.3 is 12.1 Å². The van der Waals surface area contributed by atoms with E-state index in [1.165, 1.54) is 4.90 Å². The number of hydrogen-bond acceptors (Lipinski definition) is 4. The van der Waals surface area contributed by atoms with Gasteiger partial charge in [0.25, 0.3) is 5.91 Å². The Hall–Kier alpha value is -4.13. The fourth-order valence-electron chi connectivity index (χ4n) is 5.08. The highest BCUT2D eigenvalue weighted by Gasteiger charge is 2.44.